The summed E-state index contributed by atoms with van der Waals surface area (Å²) < 4.78 is 0. The number of carboxylic acids is 1. The van der Waals surface area contributed by atoms with Crippen LogP contribution >= 0.6 is 11.8 Å². The minimum Gasteiger partial charge on any atom is -0.481 e. The van der Waals surface area contributed by atoms with Crippen molar-refractivity contribution in [2.45, 2.75) is 12.5 Å². The first-order chi connectivity index (χ1) is 9.06. The molecule has 0 bridgehead atoms. The highest BCUT2D eigenvalue weighted by molar-refractivity contribution is 7.99. The van der Waals surface area contributed by atoms with Gasteiger partial charge in [0.05, 0.1) is 19.5 Å². The summed E-state index contributed by atoms with van der Waals surface area (Å²) in [5, 5.41) is 22.5. The number of tetrazole rings is 1. The summed E-state index contributed by atoms with van der Waals surface area (Å²) in [5.74, 6) is 0.605. The summed E-state index contributed by atoms with van der Waals surface area (Å²) in [6, 6.07) is -0.701. The Morgan fingerprint density at radius 1 is 1.58 bits per heavy atom. The van der Waals surface area contributed by atoms with Gasteiger partial charge in [-0.05, 0) is 5.21 Å². The van der Waals surface area contributed by atoms with E-state index in [1.165, 1.54) is 9.70 Å². The summed E-state index contributed by atoms with van der Waals surface area (Å²) in [5.41, 5.74) is 0. The molecular weight excluding hydrogens is 272 g/mol. The molecule has 19 heavy (non-hydrogen) atoms. The van der Waals surface area contributed by atoms with Crippen LogP contribution in [0.3, 0.4) is 0 Å². The van der Waals surface area contributed by atoms with E-state index in [4.69, 9.17) is 5.11 Å². The van der Waals surface area contributed by atoms with Crippen LogP contribution < -0.4 is 5.32 Å². The lowest BCUT2D eigenvalue weighted by Gasteiger charge is -2.34. The van der Waals surface area contributed by atoms with Crippen molar-refractivity contribution in [3.63, 3.8) is 0 Å². The van der Waals surface area contributed by atoms with Gasteiger partial charge in [0.2, 0.25) is 0 Å². The number of aryl methyl sites for hydroxylation is 1. The first-order valence-corrected chi connectivity index (χ1v) is 6.83. The van der Waals surface area contributed by atoms with E-state index in [-0.39, 0.29) is 24.4 Å². The van der Waals surface area contributed by atoms with Gasteiger partial charge in [0.25, 0.3) is 5.95 Å². The van der Waals surface area contributed by atoms with Crippen molar-refractivity contribution >= 4 is 29.7 Å². The number of amides is 2. The van der Waals surface area contributed by atoms with E-state index < -0.39 is 5.97 Å². The monoisotopic (exact) mass is 286 g/mol. The molecule has 10 heteroatoms. The Bertz CT molecular complexity index is 478. The molecule has 1 aromatic heterocycles. The number of carbonyl (C=O) groups is 2. The zero-order valence-electron chi connectivity index (χ0n) is 10.3. The third-order valence-corrected chi connectivity index (χ3v) is 3.72. The first-order valence-electron chi connectivity index (χ1n) is 5.67. The van der Waals surface area contributed by atoms with E-state index in [9.17, 15) is 9.59 Å². The molecule has 0 radical (unpaired) electrons. The van der Waals surface area contributed by atoms with E-state index in [1.807, 2.05) is 0 Å². The van der Waals surface area contributed by atoms with Gasteiger partial charge < -0.3 is 10.0 Å². The summed E-state index contributed by atoms with van der Waals surface area (Å²) in [6.07, 6.45) is -0.0612. The number of anilines is 1. The maximum Gasteiger partial charge on any atom is 0.324 e. The molecule has 1 saturated heterocycles. The third-order valence-electron chi connectivity index (χ3n) is 2.63. The second-order valence-corrected chi connectivity index (χ2v) is 5.20. The lowest BCUT2D eigenvalue weighted by atomic mass is 10.2. The van der Waals surface area contributed by atoms with Gasteiger partial charge in [-0.15, -0.1) is 5.10 Å². The molecular formula is C9H14N6O3S. The summed E-state index contributed by atoms with van der Waals surface area (Å²) >= 11 is 1.64. The highest BCUT2D eigenvalue weighted by Gasteiger charge is 2.29. The fourth-order valence-electron chi connectivity index (χ4n) is 1.79. The zero-order valence-corrected chi connectivity index (χ0v) is 11.1. The van der Waals surface area contributed by atoms with E-state index in [0.29, 0.717) is 12.3 Å². The molecule has 0 saturated carbocycles. The van der Waals surface area contributed by atoms with Crippen LogP contribution in [-0.2, 0) is 11.8 Å². The minimum atomic E-state index is -0.914. The van der Waals surface area contributed by atoms with Crippen LogP contribution in [0.4, 0.5) is 10.7 Å². The van der Waals surface area contributed by atoms with Gasteiger partial charge in [-0.2, -0.15) is 16.6 Å². The molecule has 1 atom stereocenters. The number of aromatic nitrogens is 4. The molecule has 2 amide bonds. The maximum atomic E-state index is 12.1. The molecule has 2 heterocycles. The van der Waals surface area contributed by atoms with E-state index in [0.717, 1.165) is 5.75 Å². The third kappa shape index (κ3) is 3.56. The van der Waals surface area contributed by atoms with Crippen LogP contribution in [0, 0.1) is 0 Å². The van der Waals surface area contributed by atoms with Crippen molar-refractivity contribution in [3.8, 4) is 0 Å². The molecule has 0 spiro atoms. The second kappa shape index (κ2) is 5.87. The Morgan fingerprint density at radius 2 is 2.37 bits per heavy atom. The maximum absolute atomic E-state index is 12.1. The molecule has 0 aliphatic carbocycles. The number of rotatable bonds is 3. The summed E-state index contributed by atoms with van der Waals surface area (Å²) in [4.78, 5) is 25.6. The molecule has 9 nitrogen and oxygen atoms in total. The second-order valence-electron chi connectivity index (χ2n) is 4.05. The number of aliphatic carboxylic acids is 1. The van der Waals surface area contributed by atoms with Crippen LogP contribution in [0.2, 0.25) is 0 Å². The number of thioether (sulfide) groups is 1. The van der Waals surface area contributed by atoms with Crippen LogP contribution in [0.15, 0.2) is 0 Å². The van der Waals surface area contributed by atoms with Gasteiger partial charge in [-0.3, -0.25) is 10.1 Å². The number of nitrogens with one attached hydrogen (secondary N) is 1. The predicted octanol–water partition coefficient (Wildman–Crippen LogP) is -0.366. The number of urea groups is 1. The van der Waals surface area contributed by atoms with Crippen LogP contribution in [0.1, 0.15) is 6.42 Å². The lowest BCUT2D eigenvalue weighted by molar-refractivity contribution is -0.137. The Hall–Kier alpha value is -1.84. The van der Waals surface area contributed by atoms with Crippen LogP contribution in [0.25, 0.3) is 0 Å². The highest BCUT2D eigenvalue weighted by Crippen LogP contribution is 2.19. The van der Waals surface area contributed by atoms with Gasteiger partial charge in [-0.1, -0.05) is 5.10 Å². The molecule has 1 fully saturated rings. The highest BCUT2D eigenvalue weighted by atomic mass is 32.2. The van der Waals surface area contributed by atoms with Crippen molar-refractivity contribution < 1.29 is 14.7 Å². The SMILES string of the molecule is Cn1nnc(NC(=O)N2CCSCC2CC(=O)O)n1. The minimum absolute atomic E-state index is 0.0612. The average Bonchev–Trinajstić information content (AvgIpc) is 2.74. The van der Waals surface area contributed by atoms with Crippen molar-refractivity contribution in [3.05, 3.63) is 0 Å². The van der Waals surface area contributed by atoms with Gasteiger partial charge >= 0.3 is 12.0 Å². The smallest absolute Gasteiger partial charge is 0.324 e. The van der Waals surface area contributed by atoms with Gasteiger partial charge in [0.15, 0.2) is 0 Å². The fraction of sp³-hybridized carbons (Fsp3) is 0.667. The Kier molecular flexibility index (Phi) is 4.20. The van der Waals surface area contributed by atoms with E-state index in [1.54, 1.807) is 18.8 Å². The number of hydrogen-bond donors (Lipinski definition) is 2. The molecule has 1 aliphatic rings. The standard InChI is InChI=1S/C9H14N6O3S/c1-14-12-8(11-13-14)10-9(18)15-2-3-19-5-6(15)4-7(16)17/h6H,2-5H2,1H3,(H,16,17)(H,10,12,18). The molecule has 2 rings (SSSR count). The molecule has 2 N–H and O–H groups in total. The van der Waals surface area contributed by atoms with E-state index >= 15 is 0 Å². The van der Waals surface area contributed by atoms with Crippen molar-refractivity contribution in [2.75, 3.05) is 23.4 Å². The largest absolute Gasteiger partial charge is 0.481 e. The van der Waals surface area contributed by atoms with Gasteiger partial charge in [0, 0.05) is 18.1 Å². The van der Waals surface area contributed by atoms with Crippen LogP contribution in [-0.4, -0.2) is 66.3 Å². The Balaban J connectivity index is 2.00. The summed E-state index contributed by atoms with van der Waals surface area (Å²) in [7, 11) is 1.59. The fourth-order valence-corrected chi connectivity index (χ4v) is 2.86. The number of carbonyl (C=O) groups excluding carboxylic acids is 1. The van der Waals surface area contributed by atoms with Gasteiger partial charge in [-0.25, -0.2) is 4.79 Å². The number of carboxylic acid groups (broad SMARTS) is 1. The van der Waals surface area contributed by atoms with Crippen LogP contribution in [0.5, 0.6) is 0 Å². The average molecular weight is 286 g/mol. The molecule has 1 aliphatic heterocycles. The summed E-state index contributed by atoms with van der Waals surface area (Å²) in [6.45, 7) is 0.509. The Morgan fingerprint density at radius 3 is 3.00 bits per heavy atom. The van der Waals surface area contributed by atoms with Crippen molar-refractivity contribution in [1.82, 2.24) is 25.1 Å². The quantitative estimate of drug-likeness (QED) is 0.779. The zero-order chi connectivity index (χ0) is 13.8. The molecule has 0 aromatic carbocycles. The first kappa shape index (κ1) is 13.6. The Labute approximate surface area is 113 Å². The topological polar surface area (TPSA) is 113 Å². The van der Waals surface area contributed by atoms with E-state index in [2.05, 4.69) is 20.7 Å². The van der Waals surface area contributed by atoms with Crippen molar-refractivity contribution in [1.29, 1.82) is 0 Å². The number of nitrogens with zero attached hydrogens (tertiary/aromatic N) is 5. The van der Waals surface area contributed by atoms with Crippen molar-refractivity contribution in [2.24, 2.45) is 7.05 Å². The predicted molar refractivity (Wildman–Crippen MR) is 67.9 cm³/mol. The van der Waals surface area contributed by atoms with Gasteiger partial charge in [0.1, 0.15) is 0 Å². The number of hydrogen-bond acceptors (Lipinski definition) is 6. The molecule has 104 valence electrons. The molecule has 1 aromatic rings. The normalized spacial score (nSPS) is 19.2. The lowest BCUT2D eigenvalue weighted by Crippen LogP contribution is -2.49. The molecule has 1 unspecified atom stereocenters.